The number of nitrogens with one attached hydrogen (secondary N) is 2. The molecule has 1 atom stereocenters. The molecule has 3 N–H and O–H groups in total. The van der Waals surface area contributed by atoms with Crippen molar-refractivity contribution in [2.24, 2.45) is 5.16 Å². The summed E-state index contributed by atoms with van der Waals surface area (Å²) in [6.45, 7) is 6.95. The number of hydrazine groups is 1. The maximum absolute atomic E-state index is 12.5. The number of carbonyl (C=O) groups excluding carboxylic acids is 1. The molecule has 1 saturated heterocycles. The van der Waals surface area contributed by atoms with E-state index in [1.165, 1.54) is 6.21 Å². The number of benzene rings is 2. The summed E-state index contributed by atoms with van der Waals surface area (Å²) >= 11 is 0. The summed E-state index contributed by atoms with van der Waals surface area (Å²) in [6, 6.07) is 17.0. The molecule has 40 heavy (non-hydrogen) atoms. The van der Waals surface area contributed by atoms with Gasteiger partial charge in [0.15, 0.2) is 6.29 Å². The molecule has 0 spiro atoms. The second kappa shape index (κ2) is 13.2. The lowest BCUT2D eigenvalue weighted by atomic mass is 10.2. The Morgan fingerprint density at radius 2 is 1.93 bits per heavy atom. The maximum atomic E-state index is 12.5. The number of hydrogen-bond donors (Lipinski definition) is 3. The van der Waals surface area contributed by atoms with Gasteiger partial charge < -0.3 is 24.7 Å². The monoisotopic (exact) mass is 549 g/mol. The molecule has 1 aliphatic heterocycles. The minimum atomic E-state index is -0.646. The van der Waals surface area contributed by atoms with Gasteiger partial charge in [-0.2, -0.15) is 4.98 Å². The quantitative estimate of drug-likeness (QED) is 0.192. The molecule has 4 rings (SSSR count). The van der Waals surface area contributed by atoms with Gasteiger partial charge in [-0.1, -0.05) is 30.3 Å². The Morgan fingerprint density at radius 3 is 2.62 bits per heavy atom. The molecule has 2 heterocycles. The predicted octanol–water partition coefficient (Wildman–Crippen LogP) is 4.93. The van der Waals surface area contributed by atoms with Crippen molar-refractivity contribution >= 4 is 41.1 Å². The van der Waals surface area contributed by atoms with Crippen molar-refractivity contribution in [3.8, 4) is 0 Å². The van der Waals surface area contributed by atoms with Gasteiger partial charge in [0.2, 0.25) is 5.95 Å². The molecule has 1 fully saturated rings. The zero-order valence-corrected chi connectivity index (χ0v) is 23.1. The lowest BCUT2D eigenvalue weighted by Crippen LogP contribution is -2.51. The van der Waals surface area contributed by atoms with Gasteiger partial charge in [0.25, 0.3) is 0 Å². The van der Waals surface area contributed by atoms with Crippen molar-refractivity contribution in [3.63, 3.8) is 0 Å². The summed E-state index contributed by atoms with van der Waals surface area (Å²) in [5.74, 6) is 0.883. The predicted molar refractivity (Wildman–Crippen MR) is 152 cm³/mol. The van der Waals surface area contributed by atoms with Gasteiger partial charge in [0, 0.05) is 38.1 Å². The van der Waals surface area contributed by atoms with Crippen molar-refractivity contribution in [1.29, 1.82) is 0 Å². The summed E-state index contributed by atoms with van der Waals surface area (Å²) in [6.07, 6.45) is 2.33. The van der Waals surface area contributed by atoms with E-state index in [0.717, 1.165) is 5.69 Å². The fraction of sp³-hybridized carbons (Fsp3) is 0.357. The average Bonchev–Trinajstić information content (AvgIpc) is 2.93. The molecule has 0 bridgehead atoms. The van der Waals surface area contributed by atoms with Crippen molar-refractivity contribution in [1.82, 2.24) is 15.0 Å². The van der Waals surface area contributed by atoms with Gasteiger partial charge in [0.1, 0.15) is 11.4 Å². The van der Waals surface area contributed by atoms with Crippen LogP contribution in [0.2, 0.25) is 0 Å². The van der Waals surface area contributed by atoms with Gasteiger partial charge >= 0.3 is 6.09 Å². The van der Waals surface area contributed by atoms with Gasteiger partial charge in [-0.25, -0.2) is 19.8 Å². The number of methoxy groups -OCH3 is 1. The summed E-state index contributed by atoms with van der Waals surface area (Å²) in [7, 11) is 1.61. The summed E-state index contributed by atoms with van der Waals surface area (Å²) < 4.78 is 16.6. The Balaban J connectivity index is 1.71. The van der Waals surface area contributed by atoms with E-state index in [0.29, 0.717) is 48.4 Å². The molecule has 12 heteroatoms. The number of oxime groups is 1. The van der Waals surface area contributed by atoms with Gasteiger partial charge in [-0.05, 0) is 45.0 Å². The molecule has 3 aromatic rings. The minimum Gasteiger partial charge on any atom is -0.444 e. The number of hydrogen-bond acceptors (Lipinski definition) is 11. The number of amides is 1. The molecule has 212 valence electrons. The Bertz CT molecular complexity index is 1300. The third kappa shape index (κ3) is 7.65. The molecule has 1 unspecified atom stereocenters. The van der Waals surface area contributed by atoms with Crippen LogP contribution in [-0.4, -0.2) is 71.2 Å². The van der Waals surface area contributed by atoms with E-state index < -0.39 is 18.0 Å². The standard InChI is InChI=1S/C28H35N7O5/c1-28(2,3)40-27(36)32-23-13-9-8-12-22(23)31-25-20(14-15-30-37)18-29-26(33-25)35(21-10-6-5-7-11-21)34-16-17-39-24(19-34)38-4/h5-13,15,18,24,37H,14,16-17,19H2,1-4H3,(H,32,36)(H,29,31,33)/b30-15+. The minimum absolute atomic E-state index is 0.273. The van der Waals surface area contributed by atoms with Crippen LogP contribution in [0.5, 0.6) is 0 Å². The first-order valence-electron chi connectivity index (χ1n) is 12.9. The summed E-state index contributed by atoms with van der Waals surface area (Å²) in [5, 5.41) is 22.3. The molecule has 12 nitrogen and oxygen atoms in total. The molecule has 2 aromatic carbocycles. The smallest absolute Gasteiger partial charge is 0.412 e. The Morgan fingerprint density at radius 1 is 1.20 bits per heavy atom. The number of rotatable bonds is 9. The van der Waals surface area contributed by atoms with Crippen LogP contribution >= 0.6 is 0 Å². The molecule has 0 saturated carbocycles. The zero-order valence-electron chi connectivity index (χ0n) is 23.1. The highest BCUT2D eigenvalue weighted by Gasteiger charge is 2.28. The average molecular weight is 550 g/mol. The van der Waals surface area contributed by atoms with E-state index in [9.17, 15) is 4.79 Å². The number of carbonyl (C=O) groups is 1. The second-order valence-corrected chi connectivity index (χ2v) is 9.94. The van der Waals surface area contributed by atoms with Crippen molar-refractivity contribution in [3.05, 3.63) is 66.4 Å². The van der Waals surface area contributed by atoms with E-state index in [4.69, 9.17) is 24.4 Å². The van der Waals surface area contributed by atoms with Crippen LogP contribution in [0.3, 0.4) is 0 Å². The maximum Gasteiger partial charge on any atom is 0.412 e. The number of aromatic nitrogens is 2. The molecular formula is C28H35N7O5. The van der Waals surface area contributed by atoms with Gasteiger partial charge in [-0.15, -0.1) is 5.16 Å². The number of nitrogens with zero attached hydrogens (tertiary/aromatic N) is 5. The van der Waals surface area contributed by atoms with Crippen LogP contribution in [0.15, 0.2) is 65.9 Å². The summed E-state index contributed by atoms with van der Waals surface area (Å²) in [5.41, 5.74) is 2.00. The third-order valence-electron chi connectivity index (χ3n) is 5.81. The van der Waals surface area contributed by atoms with Crippen LogP contribution in [-0.2, 0) is 20.6 Å². The van der Waals surface area contributed by atoms with Crippen molar-refractivity contribution in [2.45, 2.75) is 39.1 Å². The largest absolute Gasteiger partial charge is 0.444 e. The van der Waals surface area contributed by atoms with E-state index >= 15 is 0 Å². The van der Waals surface area contributed by atoms with Crippen LogP contribution < -0.4 is 15.6 Å². The first kappa shape index (κ1) is 28.7. The number of ether oxygens (including phenoxy) is 3. The number of morpholine rings is 1. The van der Waals surface area contributed by atoms with Crippen LogP contribution in [0.4, 0.5) is 33.6 Å². The molecular weight excluding hydrogens is 514 g/mol. The van der Waals surface area contributed by atoms with Gasteiger partial charge in [0.05, 0.1) is 30.2 Å². The van der Waals surface area contributed by atoms with E-state index in [1.54, 1.807) is 40.1 Å². The number of para-hydroxylation sites is 3. The normalized spacial score (nSPS) is 16.1. The lowest BCUT2D eigenvalue weighted by molar-refractivity contribution is -0.164. The first-order chi connectivity index (χ1) is 19.3. The molecule has 0 aliphatic carbocycles. The second-order valence-electron chi connectivity index (χ2n) is 9.94. The Labute approximate surface area is 233 Å². The highest BCUT2D eigenvalue weighted by Crippen LogP contribution is 2.31. The van der Waals surface area contributed by atoms with Crippen LogP contribution in [0, 0.1) is 0 Å². The van der Waals surface area contributed by atoms with Crippen LogP contribution in [0.1, 0.15) is 26.3 Å². The molecule has 0 radical (unpaired) electrons. The third-order valence-corrected chi connectivity index (χ3v) is 5.81. The Hall–Kier alpha value is -4.26. The SMILES string of the molecule is COC1CN(N(c2ccccc2)c2ncc(C/C=N/O)c(Nc3ccccc3NC(=O)OC(C)(C)C)n2)CCO1. The molecule has 1 aliphatic rings. The highest BCUT2D eigenvalue weighted by atomic mass is 16.7. The zero-order chi connectivity index (χ0) is 28.5. The van der Waals surface area contributed by atoms with Crippen LogP contribution in [0.25, 0.3) is 0 Å². The molecule has 1 aromatic heterocycles. The van der Waals surface area contributed by atoms with E-state index in [2.05, 4.69) is 25.8 Å². The summed E-state index contributed by atoms with van der Waals surface area (Å²) in [4.78, 5) is 22.1. The fourth-order valence-corrected chi connectivity index (χ4v) is 4.04. The Kier molecular flexibility index (Phi) is 9.48. The fourth-order valence-electron chi connectivity index (χ4n) is 4.04. The number of anilines is 5. The van der Waals surface area contributed by atoms with E-state index in [-0.39, 0.29) is 6.42 Å². The molecule has 1 amide bonds. The van der Waals surface area contributed by atoms with Crippen molar-refractivity contribution in [2.75, 3.05) is 42.4 Å². The lowest BCUT2D eigenvalue weighted by Gasteiger charge is -2.39. The first-order valence-corrected chi connectivity index (χ1v) is 12.9. The van der Waals surface area contributed by atoms with Crippen molar-refractivity contribution < 1.29 is 24.2 Å². The topological polar surface area (TPSA) is 134 Å². The highest BCUT2D eigenvalue weighted by molar-refractivity contribution is 5.90. The van der Waals surface area contributed by atoms with E-state index in [1.807, 2.05) is 53.5 Å². The van der Waals surface area contributed by atoms with Gasteiger partial charge in [-0.3, -0.25) is 5.32 Å².